The van der Waals surface area contributed by atoms with E-state index in [4.69, 9.17) is 11.6 Å². The van der Waals surface area contributed by atoms with Gasteiger partial charge in [-0.1, -0.05) is 22.9 Å². The van der Waals surface area contributed by atoms with Crippen LogP contribution >= 0.6 is 22.9 Å². The highest BCUT2D eigenvalue weighted by atomic mass is 35.5. The summed E-state index contributed by atoms with van der Waals surface area (Å²) in [7, 11) is -3.89. The van der Waals surface area contributed by atoms with Crippen LogP contribution < -0.4 is 4.87 Å². The third kappa shape index (κ3) is 2.21. The number of rotatable bonds is 2. The predicted molar refractivity (Wildman–Crippen MR) is 63.5 cm³/mol. The lowest BCUT2D eigenvalue weighted by atomic mass is 10.4. The summed E-state index contributed by atoms with van der Waals surface area (Å²) in [6, 6.07) is 5.45. The quantitative estimate of drug-likeness (QED) is 0.880. The van der Waals surface area contributed by atoms with Gasteiger partial charge in [0.2, 0.25) is 15.7 Å². The summed E-state index contributed by atoms with van der Waals surface area (Å²) in [6.45, 7) is 0. The van der Waals surface area contributed by atoms with Crippen molar-refractivity contribution in [1.29, 1.82) is 0 Å². The second kappa shape index (κ2) is 4.17. The number of thiazole rings is 1. The molecule has 0 unspecified atom stereocenters. The number of halogens is 1. The van der Waals surface area contributed by atoms with E-state index < -0.39 is 24.8 Å². The number of aromatic hydroxyl groups is 1. The Bertz CT molecular complexity index is 699. The van der Waals surface area contributed by atoms with Crippen molar-refractivity contribution in [2.45, 2.75) is 9.10 Å². The highest BCUT2D eigenvalue weighted by Gasteiger charge is 2.24. The first kappa shape index (κ1) is 12.2. The molecule has 0 aliphatic heterocycles. The molecule has 0 aliphatic rings. The molecule has 8 heteroatoms. The van der Waals surface area contributed by atoms with Gasteiger partial charge in [0.25, 0.3) is 0 Å². The maximum Gasteiger partial charge on any atom is 0.308 e. The number of aromatic amines is 1. The Morgan fingerprint density at radius 2 is 1.82 bits per heavy atom. The van der Waals surface area contributed by atoms with E-state index >= 15 is 0 Å². The number of nitrogens with one attached hydrogen (secondary N) is 1. The lowest BCUT2D eigenvalue weighted by Crippen LogP contribution is -1.99. The summed E-state index contributed by atoms with van der Waals surface area (Å²) in [5, 5.41) is 9.73. The molecule has 2 aromatic rings. The van der Waals surface area contributed by atoms with Gasteiger partial charge in [0.05, 0.1) is 4.90 Å². The summed E-state index contributed by atoms with van der Waals surface area (Å²) in [5.41, 5.74) is 0. The maximum atomic E-state index is 12.0. The number of H-pyrrole nitrogens is 1. The van der Waals surface area contributed by atoms with E-state index in [1.165, 1.54) is 24.3 Å². The molecule has 5 nitrogen and oxygen atoms in total. The third-order valence-electron chi connectivity index (χ3n) is 1.97. The Balaban J connectivity index is 2.61. The largest absolute Gasteiger partial charge is 0.493 e. The van der Waals surface area contributed by atoms with Crippen LogP contribution in [-0.2, 0) is 9.84 Å². The second-order valence-electron chi connectivity index (χ2n) is 3.11. The average Bonchev–Trinajstić information content (AvgIpc) is 2.59. The molecule has 1 heterocycles. The second-order valence-corrected chi connectivity index (χ2v) is 6.67. The minimum absolute atomic E-state index is 0.0348. The molecule has 1 aromatic heterocycles. The molecule has 0 saturated carbocycles. The van der Waals surface area contributed by atoms with Crippen molar-refractivity contribution in [1.82, 2.24) is 4.98 Å². The molecule has 0 saturated heterocycles. The molecule has 0 aliphatic carbocycles. The first-order valence-corrected chi connectivity index (χ1v) is 7.02. The van der Waals surface area contributed by atoms with Gasteiger partial charge < -0.3 is 5.11 Å². The van der Waals surface area contributed by atoms with Crippen molar-refractivity contribution in [3.05, 3.63) is 39.0 Å². The normalized spacial score (nSPS) is 11.6. The average molecular weight is 292 g/mol. The van der Waals surface area contributed by atoms with Crippen molar-refractivity contribution >= 4 is 32.8 Å². The maximum absolute atomic E-state index is 12.0. The molecule has 1 aromatic carbocycles. The zero-order valence-corrected chi connectivity index (χ0v) is 10.6. The molecular weight excluding hydrogens is 286 g/mol. The lowest BCUT2D eigenvalue weighted by Gasteiger charge is -2.01. The van der Waals surface area contributed by atoms with Crippen molar-refractivity contribution in [3.63, 3.8) is 0 Å². The van der Waals surface area contributed by atoms with E-state index in [0.717, 1.165) is 0 Å². The van der Waals surface area contributed by atoms with E-state index in [9.17, 15) is 18.3 Å². The van der Waals surface area contributed by atoms with Crippen molar-refractivity contribution in [2.75, 3.05) is 0 Å². The van der Waals surface area contributed by atoms with Gasteiger partial charge in [-0.25, -0.2) is 8.42 Å². The van der Waals surface area contributed by atoms with E-state index in [1.54, 1.807) is 0 Å². The Morgan fingerprint density at radius 3 is 2.29 bits per heavy atom. The molecule has 2 rings (SSSR count). The zero-order valence-electron chi connectivity index (χ0n) is 8.18. The minimum Gasteiger partial charge on any atom is -0.493 e. The molecule has 0 amide bonds. The smallest absolute Gasteiger partial charge is 0.308 e. The van der Waals surface area contributed by atoms with Gasteiger partial charge in [-0.05, 0) is 24.3 Å². The Morgan fingerprint density at radius 1 is 1.24 bits per heavy atom. The van der Waals surface area contributed by atoms with Crippen molar-refractivity contribution in [3.8, 4) is 5.88 Å². The van der Waals surface area contributed by atoms with Gasteiger partial charge in [-0.2, -0.15) is 0 Å². The van der Waals surface area contributed by atoms with Crippen LogP contribution in [0.1, 0.15) is 0 Å². The summed E-state index contributed by atoms with van der Waals surface area (Å²) in [6.07, 6.45) is 0. The van der Waals surface area contributed by atoms with Gasteiger partial charge in [-0.3, -0.25) is 9.78 Å². The van der Waals surface area contributed by atoms with Crippen molar-refractivity contribution in [2.24, 2.45) is 0 Å². The third-order valence-corrected chi connectivity index (χ3v) is 5.37. The summed E-state index contributed by atoms with van der Waals surface area (Å²) in [4.78, 5) is 12.3. The van der Waals surface area contributed by atoms with E-state index in [0.29, 0.717) is 16.4 Å². The van der Waals surface area contributed by atoms with Crippen LogP contribution in [0.3, 0.4) is 0 Å². The van der Waals surface area contributed by atoms with Crippen LogP contribution in [0, 0.1) is 0 Å². The monoisotopic (exact) mass is 291 g/mol. The minimum atomic E-state index is -3.89. The fourth-order valence-electron chi connectivity index (χ4n) is 1.21. The van der Waals surface area contributed by atoms with Crippen LogP contribution in [0.25, 0.3) is 0 Å². The van der Waals surface area contributed by atoms with Crippen LogP contribution in [0.2, 0.25) is 5.02 Å². The number of aromatic nitrogens is 1. The van der Waals surface area contributed by atoms with E-state index in [2.05, 4.69) is 0 Å². The molecular formula is C9H6ClNO4S2. The number of sulfone groups is 1. The van der Waals surface area contributed by atoms with Crippen LogP contribution in [-0.4, -0.2) is 18.5 Å². The van der Waals surface area contributed by atoms with E-state index in [1.807, 2.05) is 4.98 Å². The molecule has 0 fully saturated rings. The molecule has 90 valence electrons. The first-order chi connectivity index (χ1) is 7.91. The van der Waals surface area contributed by atoms with Gasteiger partial charge >= 0.3 is 4.87 Å². The Kier molecular flexibility index (Phi) is 2.98. The lowest BCUT2D eigenvalue weighted by molar-refractivity contribution is 0.442. The van der Waals surface area contributed by atoms with Crippen LogP contribution in [0.4, 0.5) is 0 Å². The van der Waals surface area contributed by atoms with Gasteiger partial charge in [0, 0.05) is 5.02 Å². The molecule has 0 bridgehead atoms. The van der Waals surface area contributed by atoms with Crippen molar-refractivity contribution < 1.29 is 13.5 Å². The summed E-state index contributed by atoms with van der Waals surface area (Å²) < 4.78 is 23.7. The first-order valence-electron chi connectivity index (χ1n) is 4.34. The molecule has 0 spiro atoms. The fourth-order valence-corrected chi connectivity index (χ4v) is 3.77. The number of hydrogen-bond donors (Lipinski definition) is 2. The highest BCUT2D eigenvalue weighted by Crippen LogP contribution is 2.29. The van der Waals surface area contributed by atoms with Crippen LogP contribution in [0.15, 0.2) is 38.2 Å². The molecule has 0 atom stereocenters. The summed E-state index contributed by atoms with van der Waals surface area (Å²) in [5.74, 6) is -0.644. The number of benzene rings is 1. The fraction of sp³-hybridized carbons (Fsp3) is 0. The molecule has 17 heavy (non-hydrogen) atoms. The van der Waals surface area contributed by atoms with Gasteiger partial charge in [0.15, 0.2) is 4.21 Å². The SMILES string of the molecule is O=c1[nH]c(O)c(S(=O)(=O)c2ccc(Cl)cc2)s1. The Hall–Kier alpha value is -1.31. The Labute approximate surface area is 105 Å². The molecule has 2 N–H and O–H groups in total. The van der Waals surface area contributed by atoms with Crippen LogP contribution in [0.5, 0.6) is 5.88 Å². The van der Waals surface area contributed by atoms with Gasteiger partial charge in [0.1, 0.15) is 0 Å². The number of hydrogen-bond acceptors (Lipinski definition) is 5. The van der Waals surface area contributed by atoms with Gasteiger partial charge in [-0.15, -0.1) is 0 Å². The molecule has 0 radical (unpaired) electrons. The zero-order chi connectivity index (χ0) is 12.6. The highest BCUT2D eigenvalue weighted by molar-refractivity contribution is 7.93. The van der Waals surface area contributed by atoms with E-state index in [-0.39, 0.29) is 4.90 Å². The predicted octanol–water partition coefficient (Wildman–Crippen LogP) is 1.63. The summed E-state index contributed by atoms with van der Waals surface area (Å²) >= 11 is 6.08. The topological polar surface area (TPSA) is 87.2 Å². The standard InChI is InChI=1S/C9H6ClNO4S2/c10-5-1-3-6(4-2-5)17(14,15)8-7(12)11-9(13)16-8/h1-4,12H,(H,11,13).